The molecule has 0 bridgehead atoms. The van der Waals surface area contributed by atoms with Crippen LogP contribution in [0.2, 0.25) is 0 Å². The standard InChI is InChI=1S/C4H3N5O3/c5-1-2-3(4(6)7-10)8-12-9(2)11/h10H,(H2,6,7). The number of amidine groups is 1. The van der Waals surface area contributed by atoms with Gasteiger partial charge in [0.25, 0.3) is 0 Å². The molecule has 0 aromatic carbocycles. The second-order valence-electron chi connectivity index (χ2n) is 1.72. The molecule has 3 N–H and O–H groups in total. The van der Waals surface area contributed by atoms with Crippen LogP contribution in [0.3, 0.4) is 0 Å². The van der Waals surface area contributed by atoms with Crippen LogP contribution < -0.4 is 10.6 Å². The summed E-state index contributed by atoms with van der Waals surface area (Å²) in [5.41, 5.74) is 4.32. The Kier molecular flexibility index (Phi) is 1.79. The van der Waals surface area contributed by atoms with E-state index < -0.39 is 11.5 Å². The van der Waals surface area contributed by atoms with Gasteiger partial charge in [0, 0.05) is 0 Å². The molecule has 0 spiro atoms. The zero-order valence-electron chi connectivity index (χ0n) is 5.63. The molecule has 0 saturated carbocycles. The summed E-state index contributed by atoms with van der Waals surface area (Å²) in [5, 5.41) is 32.8. The minimum Gasteiger partial charge on any atom is -0.409 e. The molecule has 0 aliphatic carbocycles. The van der Waals surface area contributed by atoms with Crippen LogP contribution in [-0.4, -0.2) is 16.2 Å². The molecule has 1 heterocycles. The van der Waals surface area contributed by atoms with Gasteiger partial charge in [0.2, 0.25) is 5.84 Å². The van der Waals surface area contributed by atoms with E-state index in [1.807, 2.05) is 0 Å². The van der Waals surface area contributed by atoms with E-state index in [0.29, 0.717) is 0 Å². The summed E-state index contributed by atoms with van der Waals surface area (Å²) < 4.78 is 4.03. The van der Waals surface area contributed by atoms with Crippen molar-refractivity contribution in [1.29, 1.82) is 5.26 Å². The Balaban J connectivity index is 3.28. The SMILES string of the molecule is N#Cc1c(C(N)=NO)no[n+]1[O-]. The van der Waals surface area contributed by atoms with Crippen LogP contribution in [0.4, 0.5) is 0 Å². The maximum absolute atomic E-state index is 10.6. The molecule has 0 fully saturated rings. The maximum Gasteiger partial charge on any atom is 0.306 e. The summed E-state index contributed by atoms with van der Waals surface area (Å²) in [6.45, 7) is 0. The first-order valence-electron chi connectivity index (χ1n) is 2.68. The second-order valence-corrected chi connectivity index (χ2v) is 1.72. The van der Waals surface area contributed by atoms with E-state index in [2.05, 4.69) is 14.9 Å². The van der Waals surface area contributed by atoms with E-state index in [9.17, 15) is 5.21 Å². The molecule has 0 aliphatic heterocycles. The molecule has 12 heavy (non-hydrogen) atoms. The lowest BCUT2D eigenvalue weighted by atomic mass is 10.3. The van der Waals surface area contributed by atoms with Crippen molar-refractivity contribution in [3.05, 3.63) is 16.6 Å². The highest BCUT2D eigenvalue weighted by Gasteiger charge is 2.22. The largest absolute Gasteiger partial charge is 0.409 e. The van der Waals surface area contributed by atoms with Crippen molar-refractivity contribution >= 4 is 5.84 Å². The molecule has 0 radical (unpaired) electrons. The Morgan fingerprint density at radius 2 is 2.58 bits per heavy atom. The first kappa shape index (κ1) is 7.80. The van der Waals surface area contributed by atoms with E-state index in [1.165, 1.54) is 6.07 Å². The van der Waals surface area contributed by atoms with Crippen LogP contribution >= 0.6 is 0 Å². The average Bonchev–Trinajstić information content (AvgIpc) is 2.45. The summed E-state index contributed by atoms with van der Waals surface area (Å²) in [7, 11) is 0. The fraction of sp³-hybridized carbons (Fsp3) is 0. The molecule has 0 saturated heterocycles. The van der Waals surface area contributed by atoms with Crippen LogP contribution in [0.25, 0.3) is 0 Å². The van der Waals surface area contributed by atoms with Gasteiger partial charge in [-0.3, -0.25) is 4.63 Å². The van der Waals surface area contributed by atoms with Crippen LogP contribution in [-0.2, 0) is 0 Å². The number of nitriles is 1. The Morgan fingerprint density at radius 1 is 1.92 bits per heavy atom. The molecule has 1 aromatic heterocycles. The third-order valence-corrected chi connectivity index (χ3v) is 1.07. The van der Waals surface area contributed by atoms with Crippen molar-refractivity contribution in [2.45, 2.75) is 0 Å². The monoisotopic (exact) mass is 169 g/mol. The number of oxime groups is 1. The van der Waals surface area contributed by atoms with Gasteiger partial charge in [-0.1, -0.05) is 5.16 Å². The van der Waals surface area contributed by atoms with Crippen molar-refractivity contribution in [2.75, 3.05) is 0 Å². The lowest BCUT2D eigenvalue weighted by Crippen LogP contribution is -2.28. The van der Waals surface area contributed by atoms with E-state index in [-0.39, 0.29) is 10.6 Å². The van der Waals surface area contributed by atoms with Gasteiger partial charge in [0.1, 0.15) is 0 Å². The summed E-state index contributed by atoms with van der Waals surface area (Å²) >= 11 is 0. The third-order valence-electron chi connectivity index (χ3n) is 1.07. The van der Waals surface area contributed by atoms with Crippen LogP contribution in [0.1, 0.15) is 11.4 Å². The van der Waals surface area contributed by atoms with E-state index in [1.54, 1.807) is 0 Å². The first-order valence-corrected chi connectivity index (χ1v) is 2.68. The highest BCUT2D eigenvalue weighted by Crippen LogP contribution is 1.97. The van der Waals surface area contributed by atoms with Crippen LogP contribution in [0, 0.1) is 16.5 Å². The Morgan fingerprint density at radius 3 is 3.08 bits per heavy atom. The molecular weight excluding hydrogens is 166 g/mol. The maximum atomic E-state index is 10.6. The smallest absolute Gasteiger partial charge is 0.306 e. The van der Waals surface area contributed by atoms with Gasteiger partial charge in [-0.25, -0.2) is 0 Å². The Hall–Kier alpha value is -2.30. The average molecular weight is 169 g/mol. The summed E-state index contributed by atoms with van der Waals surface area (Å²) in [6.07, 6.45) is 0. The number of aromatic nitrogens is 2. The molecule has 0 aliphatic rings. The van der Waals surface area contributed by atoms with Crippen molar-refractivity contribution in [3.63, 3.8) is 0 Å². The van der Waals surface area contributed by atoms with E-state index in [4.69, 9.17) is 16.2 Å². The molecule has 0 atom stereocenters. The second kappa shape index (κ2) is 2.75. The number of hydrogen-bond acceptors (Lipinski definition) is 6. The van der Waals surface area contributed by atoms with Gasteiger partial charge in [-0.2, -0.15) is 5.26 Å². The highest BCUT2D eigenvalue weighted by molar-refractivity contribution is 5.96. The predicted octanol–water partition coefficient (Wildman–Crippen LogP) is -1.73. The molecule has 1 rings (SSSR count). The lowest BCUT2D eigenvalue weighted by Gasteiger charge is -1.84. The number of rotatable bonds is 1. The van der Waals surface area contributed by atoms with Gasteiger partial charge in [0.05, 0.1) is 5.16 Å². The molecule has 1 aromatic rings. The van der Waals surface area contributed by atoms with E-state index >= 15 is 0 Å². The minimum atomic E-state index is -0.454. The first-order chi connectivity index (χ1) is 5.70. The van der Waals surface area contributed by atoms with E-state index in [0.717, 1.165) is 0 Å². The van der Waals surface area contributed by atoms with Crippen molar-refractivity contribution in [3.8, 4) is 6.07 Å². The minimum absolute atomic E-state index is 0.132. The van der Waals surface area contributed by atoms with Gasteiger partial charge in [-0.05, 0) is 4.90 Å². The molecular formula is C4H3N5O3. The molecule has 8 heteroatoms. The van der Waals surface area contributed by atoms with Crippen LogP contribution in [0.5, 0.6) is 0 Å². The van der Waals surface area contributed by atoms with Crippen molar-refractivity contribution < 1.29 is 14.7 Å². The van der Waals surface area contributed by atoms with Gasteiger partial charge in [-0.15, -0.1) is 0 Å². The predicted molar refractivity (Wildman–Crippen MR) is 32.7 cm³/mol. The zero-order chi connectivity index (χ0) is 9.14. The summed E-state index contributed by atoms with van der Waals surface area (Å²) in [6, 6.07) is 1.48. The zero-order valence-corrected chi connectivity index (χ0v) is 5.63. The highest BCUT2D eigenvalue weighted by atomic mass is 16.8. The molecule has 62 valence electrons. The quantitative estimate of drug-likeness (QED) is 0.168. The molecule has 8 nitrogen and oxygen atoms in total. The number of nitrogens with two attached hydrogens (primary N) is 1. The fourth-order valence-corrected chi connectivity index (χ4v) is 0.558. The normalized spacial score (nSPS) is 11.1. The lowest BCUT2D eigenvalue weighted by molar-refractivity contribution is -0.804. The van der Waals surface area contributed by atoms with Crippen molar-refractivity contribution in [1.82, 2.24) is 5.16 Å². The summed E-state index contributed by atoms with van der Waals surface area (Å²) in [4.78, 5) is -0.132. The molecule has 0 unspecified atom stereocenters. The fourth-order valence-electron chi connectivity index (χ4n) is 0.558. The Labute approximate surface area is 65.6 Å². The van der Waals surface area contributed by atoms with Crippen LogP contribution in [0.15, 0.2) is 9.78 Å². The van der Waals surface area contributed by atoms with Crippen molar-refractivity contribution in [2.24, 2.45) is 10.9 Å². The Bertz CT molecular complexity index is 361. The number of nitrogens with zero attached hydrogens (tertiary/aromatic N) is 4. The summed E-state index contributed by atoms with van der Waals surface area (Å²) in [5.74, 6) is -0.454. The molecule has 0 amide bonds. The third kappa shape index (κ3) is 0.988. The van der Waals surface area contributed by atoms with Gasteiger partial charge < -0.3 is 16.1 Å². The topological polar surface area (TPSA) is 135 Å². The number of hydrogen-bond donors (Lipinski definition) is 2. The van der Waals surface area contributed by atoms with Gasteiger partial charge >= 0.3 is 11.4 Å². The van der Waals surface area contributed by atoms with Gasteiger partial charge in [0.15, 0.2) is 6.07 Å².